The number of piperidine rings is 1. The fourth-order valence-electron chi connectivity index (χ4n) is 3.32. The van der Waals surface area contributed by atoms with Gasteiger partial charge in [-0.1, -0.05) is 5.16 Å². The molecule has 8 heteroatoms. The topological polar surface area (TPSA) is 122 Å². The van der Waals surface area contributed by atoms with Gasteiger partial charge < -0.3 is 25.6 Å². The minimum absolute atomic E-state index is 0.0572. The molecule has 8 nitrogen and oxygen atoms in total. The third kappa shape index (κ3) is 4.19. The highest BCUT2D eigenvalue weighted by molar-refractivity contribution is 5.92. The normalized spacial score (nSPS) is 21.0. The molecule has 2 amide bonds. The Morgan fingerprint density at radius 2 is 2.08 bits per heavy atom. The largest absolute Gasteiger partial charge is 0.394 e. The first-order chi connectivity index (χ1) is 12.0. The van der Waals surface area contributed by atoms with Crippen molar-refractivity contribution in [1.29, 1.82) is 0 Å². The van der Waals surface area contributed by atoms with Crippen molar-refractivity contribution in [2.45, 2.75) is 50.6 Å². The molecular weight excluding hydrogens is 324 g/mol. The first kappa shape index (κ1) is 17.9. The first-order valence-electron chi connectivity index (χ1n) is 8.92. The lowest BCUT2D eigenvalue weighted by Gasteiger charge is -2.36. The zero-order valence-corrected chi connectivity index (χ0v) is 14.5. The van der Waals surface area contributed by atoms with E-state index in [0.717, 1.165) is 31.4 Å². The summed E-state index contributed by atoms with van der Waals surface area (Å²) in [5, 5.41) is 16.4. The van der Waals surface area contributed by atoms with Crippen molar-refractivity contribution in [2.24, 2.45) is 11.7 Å². The van der Waals surface area contributed by atoms with Crippen LogP contribution < -0.4 is 11.1 Å². The summed E-state index contributed by atoms with van der Waals surface area (Å²) in [6.45, 7) is 2.71. The first-order valence-corrected chi connectivity index (χ1v) is 8.92. The van der Waals surface area contributed by atoms with Gasteiger partial charge >= 0.3 is 0 Å². The summed E-state index contributed by atoms with van der Waals surface area (Å²) in [6, 6.07) is 0.824. The zero-order valence-electron chi connectivity index (χ0n) is 14.5. The Hall–Kier alpha value is -1.93. The molecule has 1 unspecified atom stereocenters. The second-order valence-electron chi connectivity index (χ2n) is 7.10. The third-order valence-corrected chi connectivity index (χ3v) is 5.06. The maximum Gasteiger partial charge on any atom is 0.273 e. The van der Waals surface area contributed by atoms with E-state index >= 15 is 0 Å². The Balaban J connectivity index is 1.53. The number of nitrogens with one attached hydrogen (secondary N) is 1. The molecule has 138 valence electrons. The van der Waals surface area contributed by atoms with Gasteiger partial charge in [-0.15, -0.1) is 0 Å². The molecule has 3 rings (SSSR count). The molecule has 1 saturated carbocycles. The van der Waals surface area contributed by atoms with Gasteiger partial charge in [0.2, 0.25) is 5.91 Å². The SMILES string of the molecule is C[C@H](N)C(=O)N1CCC(C(CO)NC(=O)c2cc(C3CC3)on2)CC1. The Morgan fingerprint density at radius 3 is 2.64 bits per heavy atom. The predicted octanol–water partition coefficient (Wildman–Crippen LogP) is 0.229. The highest BCUT2D eigenvalue weighted by Gasteiger charge is 2.32. The van der Waals surface area contributed by atoms with Crippen LogP contribution in [0, 0.1) is 5.92 Å². The fraction of sp³-hybridized carbons (Fsp3) is 0.706. The summed E-state index contributed by atoms with van der Waals surface area (Å²) in [7, 11) is 0. The summed E-state index contributed by atoms with van der Waals surface area (Å²) in [6.07, 6.45) is 3.59. The Kier molecular flexibility index (Phi) is 5.39. The molecule has 0 bridgehead atoms. The molecule has 4 N–H and O–H groups in total. The van der Waals surface area contributed by atoms with Crippen LogP contribution in [0.25, 0.3) is 0 Å². The van der Waals surface area contributed by atoms with Crippen molar-refractivity contribution in [3.05, 3.63) is 17.5 Å². The Morgan fingerprint density at radius 1 is 1.40 bits per heavy atom. The molecule has 2 aliphatic rings. The standard InChI is InChI=1S/C17H26N4O4/c1-10(18)17(24)21-6-4-11(5-7-21)14(9-22)19-16(23)13-8-15(25-20-13)12-2-3-12/h8,10-12,14,22H,2-7,9,18H2,1H3,(H,19,23)/t10-,14?/m0/s1. The number of aromatic nitrogens is 1. The number of aliphatic hydroxyl groups is 1. The molecule has 25 heavy (non-hydrogen) atoms. The smallest absolute Gasteiger partial charge is 0.273 e. The van der Waals surface area contributed by atoms with E-state index in [1.165, 1.54) is 0 Å². The van der Waals surface area contributed by atoms with E-state index < -0.39 is 6.04 Å². The summed E-state index contributed by atoms with van der Waals surface area (Å²) in [4.78, 5) is 26.0. The van der Waals surface area contributed by atoms with E-state index in [0.29, 0.717) is 19.0 Å². The van der Waals surface area contributed by atoms with Gasteiger partial charge in [-0.25, -0.2) is 0 Å². The maximum absolute atomic E-state index is 12.3. The summed E-state index contributed by atoms with van der Waals surface area (Å²) < 4.78 is 5.20. The molecule has 2 atom stereocenters. The van der Waals surface area contributed by atoms with Gasteiger partial charge in [0.05, 0.1) is 18.7 Å². The lowest BCUT2D eigenvalue weighted by molar-refractivity contribution is -0.133. The average Bonchev–Trinajstić information content (AvgIpc) is 3.35. The van der Waals surface area contributed by atoms with Crippen LogP contribution in [0.1, 0.15) is 54.8 Å². The zero-order chi connectivity index (χ0) is 18.0. The molecule has 1 aromatic rings. The van der Waals surface area contributed by atoms with Crippen LogP contribution in [0.3, 0.4) is 0 Å². The third-order valence-electron chi connectivity index (χ3n) is 5.06. The number of nitrogens with two attached hydrogens (primary N) is 1. The lowest BCUT2D eigenvalue weighted by atomic mass is 9.89. The Labute approximate surface area is 146 Å². The second kappa shape index (κ2) is 7.53. The minimum atomic E-state index is -0.502. The van der Waals surface area contributed by atoms with Gasteiger partial charge in [-0.05, 0) is 38.5 Å². The molecule has 0 radical (unpaired) electrons. The van der Waals surface area contributed by atoms with Crippen LogP contribution in [0.2, 0.25) is 0 Å². The van der Waals surface area contributed by atoms with E-state index in [2.05, 4.69) is 10.5 Å². The second-order valence-corrected chi connectivity index (χ2v) is 7.10. The molecule has 0 spiro atoms. The number of likely N-dealkylation sites (tertiary alicyclic amines) is 1. The highest BCUT2D eigenvalue weighted by atomic mass is 16.5. The van der Waals surface area contributed by atoms with Crippen molar-refractivity contribution in [3.63, 3.8) is 0 Å². The number of hydrogen-bond acceptors (Lipinski definition) is 6. The summed E-state index contributed by atoms with van der Waals surface area (Å²) in [5.74, 6) is 0.880. The predicted molar refractivity (Wildman–Crippen MR) is 89.8 cm³/mol. The summed E-state index contributed by atoms with van der Waals surface area (Å²) >= 11 is 0. The van der Waals surface area contributed by atoms with E-state index in [-0.39, 0.29) is 36.1 Å². The number of aliphatic hydroxyl groups excluding tert-OH is 1. The molecule has 1 aromatic heterocycles. The van der Waals surface area contributed by atoms with E-state index in [1.54, 1.807) is 17.9 Å². The van der Waals surface area contributed by atoms with Crippen LogP contribution in [-0.2, 0) is 4.79 Å². The van der Waals surface area contributed by atoms with E-state index in [4.69, 9.17) is 10.3 Å². The molecule has 2 heterocycles. The Bertz CT molecular complexity index is 618. The molecule has 1 aliphatic carbocycles. The lowest BCUT2D eigenvalue weighted by Crippen LogP contribution is -2.50. The quantitative estimate of drug-likeness (QED) is 0.675. The minimum Gasteiger partial charge on any atom is -0.394 e. The fourth-order valence-corrected chi connectivity index (χ4v) is 3.32. The molecule has 1 saturated heterocycles. The van der Waals surface area contributed by atoms with Gasteiger partial charge in [-0.2, -0.15) is 0 Å². The van der Waals surface area contributed by atoms with Gasteiger partial charge in [0.15, 0.2) is 5.69 Å². The molecule has 0 aromatic carbocycles. The van der Waals surface area contributed by atoms with E-state index in [9.17, 15) is 14.7 Å². The number of rotatable bonds is 6. The highest BCUT2D eigenvalue weighted by Crippen LogP contribution is 2.40. The average molecular weight is 350 g/mol. The maximum atomic E-state index is 12.3. The number of nitrogens with zero attached hydrogens (tertiary/aromatic N) is 2. The van der Waals surface area contributed by atoms with Crippen molar-refractivity contribution >= 4 is 11.8 Å². The number of carbonyl (C=O) groups is 2. The van der Waals surface area contributed by atoms with Gasteiger partial charge in [0.1, 0.15) is 5.76 Å². The number of amides is 2. The van der Waals surface area contributed by atoms with Crippen LogP contribution in [0.4, 0.5) is 0 Å². The van der Waals surface area contributed by atoms with Gasteiger partial charge in [0, 0.05) is 25.1 Å². The molecule has 1 aliphatic heterocycles. The molecular formula is C17H26N4O4. The van der Waals surface area contributed by atoms with Crippen LogP contribution in [-0.4, -0.2) is 58.8 Å². The van der Waals surface area contributed by atoms with Crippen LogP contribution >= 0.6 is 0 Å². The van der Waals surface area contributed by atoms with Gasteiger partial charge in [-0.3, -0.25) is 9.59 Å². The summed E-state index contributed by atoms with van der Waals surface area (Å²) in [5.41, 5.74) is 5.90. The number of hydrogen-bond donors (Lipinski definition) is 3. The van der Waals surface area contributed by atoms with Gasteiger partial charge in [0.25, 0.3) is 5.91 Å². The monoisotopic (exact) mass is 350 g/mol. The van der Waals surface area contributed by atoms with Crippen molar-refractivity contribution in [1.82, 2.24) is 15.4 Å². The molecule has 2 fully saturated rings. The number of carbonyl (C=O) groups excluding carboxylic acids is 2. The van der Waals surface area contributed by atoms with E-state index in [1.807, 2.05) is 0 Å². The van der Waals surface area contributed by atoms with Crippen molar-refractivity contribution in [3.8, 4) is 0 Å². The van der Waals surface area contributed by atoms with Crippen molar-refractivity contribution in [2.75, 3.05) is 19.7 Å². The van der Waals surface area contributed by atoms with Crippen molar-refractivity contribution < 1.29 is 19.2 Å². The van der Waals surface area contributed by atoms with Crippen LogP contribution in [0.15, 0.2) is 10.6 Å². The van der Waals surface area contributed by atoms with Crippen LogP contribution in [0.5, 0.6) is 0 Å².